The molecule has 4 nitrogen and oxygen atoms in total. The average Bonchev–Trinajstić information content (AvgIpc) is 3.19. The molecular weight excluding hydrogens is 437 g/mol. The maximum Gasteiger partial charge on any atom is 0.235 e. The summed E-state index contributed by atoms with van der Waals surface area (Å²) in [5.74, 6) is 0.174. The van der Waals surface area contributed by atoms with Crippen molar-refractivity contribution in [2.45, 2.75) is 31.0 Å². The topological polar surface area (TPSA) is 35.4 Å². The molecule has 2 aromatic carbocycles. The first-order valence-electron chi connectivity index (χ1n) is 8.94. The summed E-state index contributed by atoms with van der Waals surface area (Å²) < 4.78 is 2.30. The van der Waals surface area contributed by atoms with E-state index in [4.69, 9.17) is 0 Å². The van der Waals surface area contributed by atoms with Crippen LogP contribution in [0, 0.1) is 0 Å². The Balaban J connectivity index is 0.00000196. The van der Waals surface area contributed by atoms with Gasteiger partial charge in [-0.25, -0.2) is 0 Å². The zero-order valence-corrected chi connectivity index (χ0v) is 17.0. The largest absolute Gasteiger partial charge is 1.00 e. The molecule has 0 bridgehead atoms. The molecule has 2 heterocycles. The van der Waals surface area contributed by atoms with Crippen LogP contribution < -0.4 is 29.3 Å². The summed E-state index contributed by atoms with van der Waals surface area (Å²) in [6.45, 7) is 0.846. The van der Waals surface area contributed by atoms with Crippen molar-refractivity contribution < 1.29 is 33.3 Å². The monoisotopic (exact) mass is 461 g/mol. The maximum absolute atomic E-state index is 11.6. The molecule has 0 aromatic heterocycles. The zero-order valence-electron chi connectivity index (χ0n) is 14.9. The number of halogens is 1. The van der Waals surface area contributed by atoms with Gasteiger partial charge in [0.25, 0.3) is 0 Å². The lowest BCUT2D eigenvalue weighted by Crippen LogP contribution is -3.00. The van der Waals surface area contributed by atoms with E-state index >= 15 is 0 Å². The van der Waals surface area contributed by atoms with Crippen LogP contribution in [-0.4, -0.2) is 41.4 Å². The molecule has 2 aromatic rings. The quantitative estimate of drug-likeness (QED) is 0.503. The van der Waals surface area contributed by atoms with Crippen LogP contribution in [0.25, 0.3) is 0 Å². The number of amides is 1. The van der Waals surface area contributed by atoms with Gasteiger partial charge >= 0.3 is 0 Å². The Morgan fingerprint density at radius 1 is 1.04 bits per heavy atom. The number of hydrogen-bond acceptors (Lipinski definition) is 2. The fourth-order valence-electron chi connectivity index (χ4n) is 4.10. The predicted molar refractivity (Wildman–Crippen MR) is 98.5 cm³/mol. The van der Waals surface area contributed by atoms with Gasteiger partial charge in [-0.15, -0.1) is 0 Å². The second-order valence-electron chi connectivity index (χ2n) is 6.99. The van der Waals surface area contributed by atoms with Gasteiger partial charge in [-0.3, -0.25) is 14.3 Å². The van der Waals surface area contributed by atoms with Crippen molar-refractivity contribution in [3.05, 3.63) is 71.8 Å². The Labute approximate surface area is 171 Å². The van der Waals surface area contributed by atoms with Gasteiger partial charge in [0.05, 0.1) is 13.1 Å². The van der Waals surface area contributed by atoms with Gasteiger partial charge in [0.1, 0.15) is 6.54 Å². The minimum atomic E-state index is 0. The summed E-state index contributed by atoms with van der Waals surface area (Å²) >= 11 is 0. The van der Waals surface area contributed by atoms with Crippen molar-refractivity contribution in [2.75, 3.05) is 13.6 Å². The van der Waals surface area contributed by atoms with Gasteiger partial charge in [0, 0.05) is 17.5 Å². The Bertz CT molecular complexity index is 778. The minimum Gasteiger partial charge on any atom is -1.00 e. The SMILES string of the molecule is C[N+]1=CN(C[C@@H]2CCC(=O)N2)[C@@H](c2ccccc2)[C@@H]1c1ccccc1.[I-]. The lowest BCUT2D eigenvalue weighted by Gasteiger charge is -2.25. The van der Waals surface area contributed by atoms with Crippen LogP contribution in [0.15, 0.2) is 60.7 Å². The summed E-state index contributed by atoms with van der Waals surface area (Å²) in [4.78, 5) is 14.0. The number of benzene rings is 2. The molecular formula is C21H24IN3O. The Morgan fingerprint density at radius 2 is 1.65 bits per heavy atom. The second kappa shape index (κ2) is 8.20. The van der Waals surface area contributed by atoms with E-state index in [1.807, 2.05) is 0 Å². The van der Waals surface area contributed by atoms with Crippen LogP contribution in [0.4, 0.5) is 0 Å². The summed E-state index contributed by atoms with van der Waals surface area (Å²) in [5.41, 5.74) is 2.62. The lowest BCUT2D eigenvalue weighted by molar-refractivity contribution is -0.534. The molecule has 1 saturated heterocycles. The molecule has 0 unspecified atom stereocenters. The third-order valence-corrected chi connectivity index (χ3v) is 5.22. The summed E-state index contributed by atoms with van der Waals surface area (Å²) in [6, 6.07) is 22.1. The van der Waals surface area contributed by atoms with E-state index in [2.05, 4.69) is 88.8 Å². The third kappa shape index (κ3) is 3.77. The second-order valence-corrected chi connectivity index (χ2v) is 6.99. The van der Waals surface area contributed by atoms with Gasteiger partial charge in [0.15, 0.2) is 12.1 Å². The number of carbonyl (C=O) groups excluding carboxylic acids is 1. The summed E-state index contributed by atoms with van der Waals surface area (Å²) in [6.07, 6.45) is 3.77. The van der Waals surface area contributed by atoms with Crippen LogP contribution in [0.3, 0.4) is 0 Å². The molecule has 136 valence electrons. The van der Waals surface area contributed by atoms with E-state index in [1.54, 1.807) is 0 Å². The predicted octanol–water partition coefficient (Wildman–Crippen LogP) is -0.262. The molecule has 1 amide bonds. The van der Waals surface area contributed by atoms with Gasteiger partial charge in [0.2, 0.25) is 12.2 Å². The van der Waals surface area contributed by atoms with E-state index in [0.29, 0.717) is 6.42 Å². The number of hydrogen-bond donors (Lipinski definition) is 1. The summed E-state index contributed by atoms with van der Waals surface area (Å²) in [7, 11) is 2.14. The molecule has 2 aliphatic heterocycles. The Kier molecular flexibility index (Phi) is 5.96. The lowest BCUT2D eigenvalue weighted by atomic mass is 9.93. The molecule has 0 spiro atoms. The van der Waals surface area contributed by atoms with Crippen LogP contribution in [0.2, 0.25) is 0 Å². The van der Waals surface area contributed by atoms with Gasteiger partial charge in [-0.2, -0.15) is 0 Å². The highest BCUT2D eigenvalue weighted by Crippen LogP contribution is 2.39. The molecule has 1 N–H and O–H groups in total. The first-order chi connectivity index (χ1) is 12.2. The van der Waals surface area contributed by atoms with Crippen molar-refractivity contribution in [3.8, 4) is 0 Å². The first kappa shape index (κ1) is 18.9. The summed E-state index contributed by atoms with van der Waals surface area (Å²) in [5, 5.41) is 3.10. The van der Waals surface area contributed by atoms with E-state index < -0.39 is 0 Å². The molecule has 2 aliphatic rings. The van der Waals surface area contributed by atoms with Crippen LogP contribution in [0.1, 0.15) is 36.1 Å². The number of carbonyl (C=O) groups is 1. The minimum absolute atomic E-state index is 0. The fraction of sp³-hybridized carbons (Fsp3) is 0.333. The molecule has 5 heteroatoms. The number of rotatable bonds is 4. The highest BCUT2D eigenvalue weighted by Gasteiger charge is 2.43. The van der Waals surface area contributed by atoms with Gasteiger partial charge in [-0.1, -0.05) is 60.7 Å². The molecule has 3 atom stereocenters. The van der Waals surface area contributed by atoms with Crippen molar-refractivity contribution in [3.63, 3.8) is 0 Å². The molecule has 0 radical (unpaired) electrons. The zero-order chi connectivity index (χ0) is 17.2. The van der Waals surface area contributed by atoms with Crippen LogP contribution >= 0.6 is 0 Å². The standard InChI is InChI=1S/C21H23N3O.HI/c1-23-15-24(14-18-12-13-19(25)22-18)21(17-10-6-3-7-11-17)20(23)16-8-4-2-5-9-16;/h2-11,15,18,20-21H,12-14H2,1H3;1H/t18-,20-,21-;/m0./s1. The third-order valence-electron chi connectivity index (χ3n) is 5.22. The molecule has 1 fully saturated rings. The van der Waals surface area contributed by atoms with Crippen molar-refractivity contribution in [1.82, 2.24) is 10.2 Å². The Morgan fingerprint density at radius 3 is 2.23 bits per heavy atom. The van der Waals surface area contributed by atoms with E-state index in [1.165, 1.54) is 11.1 Å². The van der Waals surface area contributed by atoms with Crippen LogP contribution in [0.5, 0.6) is 0 Å². The normalized spacial score (nSPS) is 24.8. The molecule has 0 aliphatic carbocycles. The van der Waals surface area contributed by atoms with Crippen molar-refractivity contribution in [1.29, 1.82) is 0 Å². The maximum atomic E-state index is 11.6. The molecule has 26 heavy (non-hydrogen) atoms. The highest BCUT2D eigenvalue weighted by molar-refractivity contribution is 5.78. The Hall–Kier alpha value is -1.89. The van der Waals surface area contributed by atoms with E-state index in [0.717, 1.165) is 13.0 Å². The number of likely N-dealkylation sites (N-methyl/N-ethyl adjacent to an activating group) is 1. The van der Waals surface area contributed by atoms with Crippen molar-refractivity contribution in [2.24, 2.45) is 0 Å². The van der Waals surface area contributed by atoms with Gasteiger partial charge < -0.3 is 29.3 Å². The van der Waals surface area contributed by atoms with Crippen molar-refractivity contribution >= 4 is 12.2 Å². The van der Waals surface area contributed by atoms with Gasteiger partial charge in [-0.05, 0) is 6.42 Å². The van der Waals surface area contributed by atoms with E-state index in [-0.39, 0.29) is 48.0 Å². The number of nitrogens with zero attached hydrogens (tertiary/aromatic N) is 2. The van der Waals surface area contributed by atoms with E-state index in [9.17, 15) is 4.79 Å². The average molecular weight is 461 g/mol. The molecule has 4 rings (SSSR count). The fourth-order valence-corrected chi connectivity index (χ4v) is 4.10. The van der Waals surface area contributed by atoms with Crippen LogP contribution in [-0.2, 0) is 4.79 Å². The molecule has 0 saturated carbocycles. The number of nitrogens with one attached hydrogen (secondary N) is 1. The highest BCUT2D eigenvalue weighted by atomic mass is 127. The first-order valence-corrected chi connectivity index (χ1v) is 8.94. The smallest absolute Gasteiger partial charge is 0.235 e.